The summed E-state index contributed by atoms with van der Waals surface area (Å²) in [6, 6.07) is 7.73. The van der Waals surface area contributed by atoms with Crippen LogP contribution in [0.5, 0.6) is 28.7 Å². The number of fused-ring (bicyclic) bond motifs is 1. The molecule has 23 heavy (non-hydrogen) atoms. The maximum atomic E-state index is 12.3. The first-order chi connectivity index (χ1) is 11.0. The number of phenolic OH excluding ortho intramolecular Hbond substituents is 2. The normalized spacial score (nSPS) is 16.4. The summed E-state index contributed by atoms with van der Waals surface area (Å²) in [6.45, 7) is 0. The molecule has 2 aromatic carbocycles. The third-order valence-corrected chi connectivity index (χ3v) is 3.91. The molecule has 0 saturated heterocycles. The van der Waals surface area contributed by atoms with Crippen molar-refractivity contribution in [1.82, 2.24) is 0 Å². The van der Waals surface area contributed by atoms with Crippen LogP contribution < -0.4 is 14.2 Å². The van der Waals surface area contributed by atoms with Gasteiger partial charge in [0, 0.05) is 29.3 Å². The van der Waals surface area contributed by atoms with Gasteiger partial charge in [-0.05, 0) is 12.5 Å². The van der Waals surface area contributed by atoms with E-state index in [1.807, 2.05) is 0 Å². The Morgan fingerprint density at radius 2 is 1.74 bits per heavy atom. The fourth-order valence-corrected chi connectivity index (χ4v) is 2.67. The summed E-state index contributed by atoms with van der Waals surface area (Å²) in [7, 11) is 2.95. The molecule has 0 bridgehead atoms. The van der Waals surface area contributed by atoms with E-state index in [4.69, 9.17) is 14.2 Å². The van der Waals surface area contributed by atoms with E-state index in [-0.39, 0.29) is 23.7 Å². The zero-order valence-corrected chi connectivity index (χ0v) is 12.7. The lowest BCUT2D eigenvalue weighted by Gasteiger charge is -2.25. The molecule has 3 rings (SSSR count). The van der Waals surface area contributed by atoms with Gasteiger partial charge >= 0.3 is 5.97 Å². The summed E-state index contributed by atoms with van der Waals surface area (Å²) in [6.07, 6.45) is 0.226. The largest absolute Gasteiger partial charge is 0.508 e. The Kier molecular flexibility index (Phi) is 3.73. The van der Waals surface area contributed by atoms with Gasteiger partial charge < -0.3 is 24.4 Å². The van der Waals surface area contributed by atoms with Crippen LogP contribution in [0.2, 0.25) is 0 Å². The minimum atomic E-state index is -0.701. The molecule has 2 N–H and O–H groups in total. The number of carbonyl (C=O) groups excluding carboxylic acids is 1. The second-order valence-electron chi connectivity index (χ2n) is 5.23. The van der Waals surface area contributed by atoms with Crippen LogP contribution in [0.15, 0.2) is 30.3 Å². The molecular formula is C17H16O6. The Bertz CT molecular complexity index is 768. The van der Waals surface area contributed by atoms with Crippen LogP contribution in [0.3, 0.4) is 0 Å². The minimum Gasteiger partial charge on any atom is -0.508 e. The lowest BCUT2D eigenvalue weighted by Crippen LogP contribution is -2.26. The lowest BCUT2D eigenvalue weighted by atomic mass is 9.88. The highest BCUT2D eigenvalue weighted by atomic mass is 16.5. The zero-order valence-electron chi connectivity index (χ0n) is 12.7. The van der Waals surface area contributed by atoms with E-state index in [0.29, 0.717) is 22.6 Å². The molecule has 0 aliphatic carbocycles. The van der Waals surface area contributed by atoms with E-state index in [1.165, 1.54) is 26.4 Å². The number of hydrogen-bond acceptors (Lipinski definition) is 6. The maximum absolute atomic E-state index is 12.3. The molecule has 2 aromatic rings. The third-order valence-electron chi connectivity index (χ3n) is 3.91. The number of esters is 1. The Labute approximate surface area is 132 Å². The number of hydrogen-bond donors (Lipinski definition) is 2. The highest BCUT2D eigenvalue weighted by Crippen LogP contribution is 2.43. The SMILES string of the molecule is COc1ccc(C2Cc3c(O)cc(OC)cc3OC2=O)c(O)c1. The molecule has 120 valence electrons. The summed E-state index contributed by atoms with van der Waals surface area (Å²) in [4.78, 5) is 12.3. The first-order valence-electron chi connectivity index (χ1n) is 7.02. The van der Waals surface area contributed by atoms with Crippen molar-refractivity contribution in [3.8, 4) is 28.7 Å². The van der Waals surface area contributed by atoms with E-state index in [1.54, 1.807) is 18.2 Å². The first kappa shape index (κ1) is 15.0. The highest BCUT2D eigenvalue weighted by Gasteiger charge is 2.33. The molecule has 6 heteroatoms. The Hall–Kier alpha value is -2.89. The fraction of sp³-hybridized carbons (Fsp3) is 0.235. The Balaban J connectivity index is 2.00. The molecule has 0 saturated carbocycles. The first-order valence-corrected chi connectivity index (χ1v) is 7.02. The highest BCUT2D eigenvalue weighted by molar-refractivity contribution is 5.84. The number of aromatic hydroxyl groups is 2. The number of ether oxygens (including phenoxy) is 3. The van der Waals surface area contributed by atoms with Crippen molar-refractivity contribution >= 4 is 5.97 Å². The van der Waals surface area contributed by atoms with Crippen molar-refractivity contribution in [1.29, 1.82) is 0 Å². The predicted molar refractivity (Wildman–Crippen MR) is 81.4 cm³/mol. The second kappa shape index (κ2) is 5.72. The number of phenols is 2. The Morgan fingerprint density at radius 3 is 2.39 bits per heavy atom. The van der Waals surface area contributed by atoms with Gasteiger partial charge in [0.25, 0.3) is 0 Å². The molecule has 0 radical (unpaired) electrons. The van der Waals surface area contributed by atoms with E-state index in [0.717, 1.165) is 0 Å². The lowest BCUT2D eigenvalue weighted by molar-refractivity contribution is -0.137. The molecule has 0 amide bonds. The Morgan fingerprint density at radius 1 is 1.04 bits per heavy atom. The third kappa shape index (κ3) is 2.63. The molecule has 1 unspecified atom stereocenters. The standard InChI is InChI=1S/C17H16O6/c1-21-9-3-4-11(14(18)5-9)12-8-13-15(19)6-10(22-2)7-16(13)23-17(12)20/h3-7,12,18-19H,8H2,1-2H3. The van der Waals surface area contributed by atoms with Crippen molar-refractivity contribution in [3.05, 3.63) is 41.5 Å². The van der Waals surface area contributed by atoms with Crippen molar-refractivity contribution in [2.45, 2.75) is 12.3 Å². The number of methoxy groups -OCH3 is 2. The topological polar surface area (TPSA) is 85.2 Å². The summed E-state index contributed by atoms with van der Waals surface area (Å²) in [5, 5.41) is 20.2. The average Bonchev–Trinajstić information content (AvgIpc) is 2.54. The van der Waals surface area contributed by atoms with Crippen LogP contribution in [0, 0.1) is 0 Å². The van der Waals surface area contributed by atoms with Crippen LogP contribution in [0.1, 0.15) is 17.0 Å². The minimum absolute atomic E-state index is 0.00940. The molecule has 1 aliphatic rings. The van der Waals surface area contributed by atoms with E-state index >= 15 is 0 Å². The quantitative estimate of drug-likeness (QED) is 0.668. The van der Waals surface area contributed by atoms with Gasteiger partial charge in [0.15, 0.2) is 0 Å². The predicted octanol–water partition coefficient (Wildman–Crippen LogP) is 2.36. The average molecular weight is 316 g/mol. The summed E-state index contributed by atoms with van der Waals surface area (Å²) >= 11 is 0. The molecule has 0 aromatic heterocycles. The molecular weight excluding hydrogens is 300 g/mol. The van der Waals surface area contributed by atoms with Gasteiger partial charge in [-0.15, -0.1) is 0 Å². The van der Waals surface area contributed by atoms with Crippen molar-refractivity contribution < 1.29 is 29.2 Å². The number of rotatable bonds is 3. The molecule has 0 spiro atoms. The van der Waals surface area contributed by atoms with Crippen molar-refractivity contribution in [2.24, 2.45) is 0 Å². The zero-order chi connectivity index (χ0) is 16.6. The van der Waals surface area contributed by atoms with Gasteiger partial charge in [-0.1, -0.05) is 6.07 Å². The molecule has 1 heterocycles. The summed E-state index contributed by atoms with van der Waals surface area (Å²) < 4.78 is 15.4. The molecule has 6 nitrogen and oxygen atoms in total. The van der Waals surface area contributed by atoms with E-state index in [9.17, 15) is 15.0 Å². The van der Waals surface area contributed by atoms with Gasteiger partial charge in [-0.2, -0.15) is 0 Å². The van der Waals surface area contributed by atoms with Gasteiger partial charge in [-0.3, -0.25) is 4.79 Å². The number of carbonyl (C=O) groups is 1. The van der Waals surface area contributed by atoms with Gasteiger partial charge in [0.05, 0.1) is 20.1 Å². The van der Waals surface area contributed by atoms with Crippen LogP contribution in [-0.4, -0.2) is 30.4 Å². The van der Waals surface area contributed by atoms with Gasteiger partial charge in [0.1, 0.15) is 28.7 Å². The van der Waals surface area contributed by atoms with Gasteiger partial charge in [0.2, 0.25) is 0 Å². The van der Waals surface area contributed by atoms with Crippen LogP contribution in [-0.2, 0) is 11.2 Å². The smallest absolute Gasteiger partial charge is 0.319 e. The van der Waals surface area contributed by atoms with Crippen molar-refractivity contribution in [2.75, 3.05) is 14.2 Å². The van der Waals surface area contributed by atoms with Gasteiger partial charge in [-0.25, -0.2) is 0 Å². The van der Waals surface area contributed by atoms with Crippen molar-refractivity contribution in [3.63, 3.8) is 0 Å². The van der Waals surface area contributed by atoms with Crippen LogP contribution in [0.4, 0.5) is 0 Å². The second-order valence-corrected chi connectivity index (χ2v) is 5.23. The monoisotopic (exact) mass is 316 g/mol. The van der Waals surface area contributed by atoms with Crippen LogP contribution >= 0.6 is 0 Å². The molecule has 1 aliphatic heterocycles. The summed E-state index contributed by atoms with van der Waals surface area (Å²) in [5.41, 5.74) is 0.933. The molecule has 0 fully saturated rings. The summed E-state index contributed by atoms with van der Waals surface area (Å²) in [5.74, 6) is -0.0924. The fourth-order valence-electron chi connectivity index (χ4n) is 2.67. The molecule has 1 atom stereocenters. The van der Waals surface area contributed by atoms with Crippen LogP contribution in [0.25, 0.3) is 0 Å². The van der Waals surface area contributed by atoms with E-state index < -0.39 is 11.9 Å². The maximum Gasteiger partial charge on any atom is 0.319 e. The number of benzene rings is 2. The van der Waals surface area contributed by atoms with E-state index in [2.05, 4.69) is 0 Å².